The number of allylic oxidation sites excluding steroid dienone is 4. The molecule has 4 nitrogen and oxygen atoms in total. The predicted octanol–water partition coefficient (Wildman–Crippen LogP) is 6.01. The van der Waals surface area contributed by atoms with Gasteiger partial charge < -0.3 is 14.3 Å². The lowest BCUT2D eigenvalue weighted by Gasteiger charge is -2.26. The van der Waals surface area contributed by atoms with Crippen LogP contribution in [0.3, 0.4) is 0 Å². The van der Waals surface area contributed by atoms with Gasteiger partial charge in [-0.15, -0.1) is 0 Å². The zero-order chi connectivity index (χ0) is 20.5. The van der Waals surface area contributed by atoms with E-state index in [0.717, 1.165) is 31.1 Å². The summed E-state index contributed by atoms with van der Waals surface area (Å²) in [6, 6.07) is 4.79. The van der Waals surface area contributed by atoms with Crippen molar-refractivity contribution in [2.75, 3.05) is 0 Å². The van der Waals surface area contributed by atoms with Crippen molar-refractivity contribution in [3.63, 3.8) is 0 Å². The fourth-order valence-electron chi connectivity index (χ4n) is 3.92. The number of phenolic OH excluding ortho intramolecular Hbond substituents is 1. The molecule has 0 radical (unpaired) electrons. The van der Waals surface area contributed by atoms with Gasteiger partial charge in [0.15, 0.2) is 0 Å². The molecule has 1 aromatic carbocycles. The molecule has 0 fully saturated rings. The van der Waals surface area contributed by atoms with Crippen molar-refractivity contribution in [2.24, 2.45) is 0 Å². The first-order chi connectivity index (χ1) is 13.2. The highest BCUT2D eigenvalue weighted by Crippen LogP contribution is 2.47. The summed E-state index contributed by atoms with van der Waals surface area (Å²) in [6.45, 7) is 10.5. The van der Waals surface area contributed by atoms with Gasteiger partial charge in [0.2, 0.25) is 0 Å². The van der Waals surface area contributed by atoms with Gasteiger partial charge in [-0.1, -0.05) is 30.2 Å². The maximum absolute atomic E-state index is 12.7. The van der Waals surface area contributed by atoms with Crippen molar-refractivity contribution < 1.29 is 14.3 Å². The average molecular weight is 383 g/mol. The minimum atomic E-state index is -0.404. The smallest absolute Gasteiger partial charge is 0.343 e. The number of rotatable bonds is 6. The van der Waals surface area contributed by atoms with E-state index in [1.165, 1.54) is 17.2 Å². The molecule has 1 aliphatic rings. The highest BCUT2D eigenvalue weighted by atomic mass is 16.5. The number of fused-ring (bicyclic) bond motifs is 3. The molecule has 1 aliphatic heterocycles. The Kier molecular flexibility index (Phi) is 5.69. The van der Waals surface area contributed by atoms with Crippen LogP contribution in [0.1, 0.15) is 65.9 Å². The quantitative estimate of drug-likeness (QED) is 0.491. The summed E-state index contributed by atoms with van der Waals surface area (Å²) in [5.74, 6) is 0.670. The second-order valence-electron chi connectivity index (χ2n) is 8.36. The Hall–Kier alpha value is -2.49. The third kappa shape index (κ3) is 3.87. The number of ether oxygens (including phenoxy) is 1. The molecule has 1 aromatic heterocycles. The third-order valence-electron chi connectivity index (χ3n) is 5.85. The Bertz CT molecular complexity index is 992. The maximum atomic E-state index is 12.7. The molecule has 0 unspecified atom stereocenters. The fourth-order valence-corrected chi connectivity index (χ4v) is 3.92. The summed E-state index contributed by atoms with van der Waals surface area (Å²) >= 11 is 0. The Morgan fingerprint density at radius 1 is 1.21 bits per heavy atom. The zero-order valence-corrected chi connectivity index (χ0v) is 17.5. The molecule has 0 saturated heterocycles. The normalized spacial score (nSPS) is 21.5. The van der Waals surface area contributed by atoms with Crippen LogP contribution in [0.25, 0.3) is 11.0 Å². The van der Waals surface area contributed by atoms with Gasteiger partial charge in [-0.2, -0.15) is 0 Å². The first-order valence-electron chi connectivity index (χ1n) is 9.98. The molecule has 3 rings (SSSR count). The molecule has 0 saturated carbocycles. The van der Waals surface area contributed by atoms with E-state index >= 15 is 0 Å². The summed E-state index contributed by atoms with van der Waals surface area (Å²) in [7, 11) is 0. The largest absolute Gasteiger partial charge is 0.508 e. The molecular formula is C24H30O4. The second kappa shape index (κ2) is 7.86. The van der Waals surface area contributed by atoms with Crippen LogP contribution in [-0.2, 0) is 5.41 Å². The van der Waals surface area contributed by atoms with E-state index in [9.17, 15) is 9.90 Å². The molecule has 2 heterocycles. The summed E-state index contributed by atoms with van der Waals surface area (Å²) in [5, 5.41) is 10.4. The van der Waals surface area contributed by atoms with E-state index in [2.05, 4.69) is 39.8 Å². The lowest BCUT2D eigenvalue weighted by atomic mass is 9.76. The minimum Gasteiger partial charge on any atom is -0.508 e. The number of hydrogen-bond donors (Lipinski definition) is 1. The average Bonchev–Trinajstić information content (AvgIpc) is 2.86. The minimum absolute atomic E-state index is 0.0677. The molecule has 2 atom stereocenters. The number of benzene rings is 1. The van der Waals surface area contributed by atoms with E-state index in [1.807, 2.05) is 6.92 Å². The summed E-state index contributed by atoms with van der Waals surface area (Å²) in [4.78, 5) is 12.7. The van der Waals surface area contributed by atoms with Crippen molar-refractivity contribution >= 4 is 11.0 Å². The van der Waals surface area contributed by atoms with Gasteiger partial charge >= 0.3 is 5.63 Å². The standard InChI is InChI=1S/C24H30O4/c1-15(2)8-6-9-16(3)10-7-13-24(5)17(4)27-22-19-12-11-18(25)14-20(19)28-23(26)21(22)24/h8,10-12,14,17,25H,6-7,9,13H2,1-5H3/b16-10+/t17-,24+/m1/s1. The van der Waals surface area contributed by atoms with Crippen molar-refractivity contribution in [3.8, 4) is 11.5 Å². The van der Waals surface area contributed by atoms with Crippen LogP contribution in [-0.4, -0.2) is 11.2 Å². The van der Waals surface area contributed by atoms with E-state index in [4.69, 9.17) is 9.15 Å². The molecule has 4 heteroatoms. The SMILES string of the molecule is CC(C)=CCC/C(C)=C/CC[C@]1(C)c2c(c3ccc(O)cc3oc2=O)O[C@@H]1C. The van der Waals surface area contributed by atoms with Gasteiger partial charge in [0, 0.05) is 11.5 Å². The van der Waals surface area contributed by atoms with Crippen LogP contribution in [0.2, 0.25) is 0 Å². The Morgan fingerprint density at radius 2 is 1.96 bits per heavy atom. The number of aromatic hydroxyl groups is 1. The number of hydrogen-bond acceptors (Lipinski definition) is 4. The molecule has 2 aromatic rings. The lowest BCUT2D eigenvalue weighted by Crippen LogP contribution is -2.35. The Morgan fingerprint density at radius 3 is 2.68 bits per heavy atom. The van der Waals surface area contributed by atoms with Crippen molar-refractivity contribution in [1.82, 2.24) is 0 Å². The Balaban J connectivity index is 1.85. The third-order valence-corrected chi connectivity index (χ3v) is 5.85. The van der Waals surface area contributed by atoms with Crippen molar-refractivity contribution in [3.05, 3.63) is 57.5 Å². The summed E-state index contributed by atoms with van der Waals surface area (Å²) in [6.07, 6.45) is 8.23. The van der Waals surface area contributed by atoms with E-state index in [-0.39, 0.29) is 17.5 Å². The van der Waals surface area contributed by atoms with Crippen molar-refractivity contribution in [2.45, 2.75) is 71.8 Å². The van der Waals surface area contributed by atoms with E-state index in [0.29, 0.717) is 16.9 Å². The predicted molar refractivity (Wildman–Crippen MR) is 113 cm³/mol. The highest BCUT2D eigenvalue weighted by molar-refractivity contribution is 5.86. The Labute approximate surface area is 166 Å². The fraction of sp³-hybridized carbons (Fsp3) is 0.458. The molecule has 0 aliphatic carbocycles. The van der Waals surface area contributed by atoms with Gasteiger partial charge in [0.1, 0.15) is 23.2 Å². The molecule has 0 bridgehead atoms. The van der Waals surface area contributed by atoms with Gasteiger partial charge in [-0.05, 0) is 65.5 Å². The van der Waals surface area contributed by atoms with Crippen LogP contribution in [0.5, 0.6) is 11.5 Å². The van der Waals surface area contributed by atoms with Crippen LogP contribution in [0.4, 0.5) is 0 Å². The van der Waals surface area contributed by atoms with Gasteiger partial charge in [-0.25, -0.2) is 4.79 Å². The molecule has 150 valence electrons. The van der Waals surface area contributed by atoms with Gasteiger partial charge in [0.05, 0.1) is 10.9 Å². The van der Waals surface area contributed by atoms with Crippen LogP contribution in [0, 0.1) is 0 Å². The molecule has 1 N–H and O–H groups in total. The highest BCUT2D eigenvalue weighted by Gasteiger charge is 2.46. The van der Waals surface area contributed by atoms with Crippen LogP contribution >= 0.6 is 0 Å². The van der Waals surface area contributed by atoms with Crippen LogP contribution in [0.15, 0.2) is 50.7 Å². The van der Waals surface area contributed by atoms with Crippen LogP contribution < -0.4 is 10.4 Å². The van der Waals surface area contributed by atoms with Crippen molar-refractivity contribution in [1.29, 1.82) is 0 Å². The van der Waals surface area contributed by atoms with Gasteiger partial charge in [0.25, 0.3) is 0 Å². The van der Waals surface area contributed by atoms with E-state index in [1.54, 1.807) is 12.1 Å². The van der Waals surface area contributed by atoms with Gasteiger partial charge in [-0.3, -0.25) is 0 Å². The first-order valence-corrected chi connectivity index (χ1v) is 9.98. The summed E-state index contributed by atoms with van der Waals surface area (Å²) in [5.41, 5.74) is 2.92. The first kappa shape index (κ1) is 20.2. The molecule has 28 heavy (non-hydrogen) atoms. The monoisotopic (exact) mass is 382 g/mol. The zero-order valence-electron chi connectivity index (χ0n) is 17.5. The lowest BCUT2D eigenvalue weighted by molar-refractivity contribution is 0.169. The maximum Gasteiger partial charge on any atom is 0.343 e. The number of phenols is 1. The topological polar surface area (TPSA) is 59.7 Å². The molecule has 0 spiro atoms. The van der Waals surface area contributed by atoms with E-state index < -0.39 is 5.41 Å². The summed E-state index contributed by atoms with van der Waals surface area (Å²) < 4.78 is 11.6. The molecular weight excluding hydrogens is 352 g/mol. The second-order valence-corrected chi connectivity index (χ2v) is 8.36. The molecule has 0 amide bonds.